The normalized spacial score (nSPS) is 28.6. The largest absolute Gasteiger partial charge is 0.378 e. The summed E-state index contributed by atoms with van der Waals surface area (Å²) in [6, 6.07) is 3.29. The van der Waals surface area contributed by atoms with Crippen molar-refractivity contribution in [1.82, 2.24) is 15.5 Å². The van der Waals surface area contributed by atoms with E-state index >= 15 is 0 Å². The molecule has 27 heavy (non-hydrogen) atoms. The summed E-state index contributed by atoms with van der Waals surface area (Å²) in [5.74, 6) is 0.984. The highest BCUT2D eigenvalue weighted by molar-refractivity contribution is 7.07. The smallest absolute Gasteiger partial charge is 0.191 e. The van der Waals surface area contributed by atoms with Gasteiger partial charge in [0, 0.05) is 50.8 Å². The Bertz CT molecular complexity index is 620. The van der Waals surface area contributed by atoms with Crippen molar-refractivity contribution in [2.75, 3.05) is 26.7 Å². The van der Waals surface area contributed by atoms with Crippen molar-refractivity contribution in [3.8, 4) is 0 Å². The monoisotopic (exact) mass is 390 g/mol. The predicted molar refractivity (Wildman–Crippen MR) is 112 cm³/mol. The fourth-order valence-electron chi connectivity index (χ4n) is 5.05. The summed E-state index contributed by atoms with van der Waals surface area (Å²) in [5.41, 5.74) is 1.82. The number of rotatable bonds is 6. The minimum atomic E-state index is 0.373. The molecule has 3 aliphatic rings. The van der Waals surface area contributed by atoms with Crippen LogP contribution in [0.5, 0.6) is 0 Å². The first-order valence-electron chi connectivity index (χ1n) is 10.6. The summed E-state index contributed by atoms with van der Waals surface area (Å²) < 4.78 is 5.98. The molecule has 0 bridgehead atoms. The van der Waals surface area contributed by atoms with E-state index in [1.54, 1.807) is 11.3 Å². The Balaban J connectivity index is 1.23. The van der Waals surface area contributed by atoms with Gasteiger partial charge in [-0.3, -0.25) is 9.89 Å². The summed E-state index contributed by atoms with van der Waals surface area (Å²) >= 11 is 1.79. The average Bonchev–Trinajstić information content (AvgIpc) is 3.13. The van der Waals surface area contributed by atoms with Gasteiger partial charge in [0.2, 0.25) is 0 Å². The van der Waals surface area contributed by atoms with E-state index in [1.807, 2.05) is 7.05 Å². The first kappa shape index (κ1) is 19.2. The molecule has 0 aromatic carbocycles. The Morgan fingerprint density at radius 3 is 2.74 bits per heavy atom. The van der Waals surface area contributed by atoms with Gasteiger partial charge >= 0.3 is 0 Å². The molecule has 1 aliphatic heterocycles. The molecule has 2 heterocycles. The number of hydrogen-bond acceptors (Lipinski definition) is 4. The van der Waals surface area contributed by atoms with Crippen LogP contribution in [0.15, 0.2) is 21.8 Å². The Hall–Kier alpha value is -1.11. The predicted octanol–water partition coefficient (Wildman–Crippen LogP) is 3.23. The van der Waals surface area contributed by atoms with Crippen molar-refractivity contribution in [3.05, 3.63) is 22.4 Å². The molecule has 1 spiro atoms. The molecule has 0 amide bonds. The molecule has 2 saturated carbocycles. The van der Waals surface area contributed by atoms with Gasteiger partial charge in [0.1, 0.15) is 0 Å². The third-order valence-corrected chi connectivity index (χ3v) is 7.62. The molecular weight excluding hydrogens is 356 g/mol. The molecule has 1 saturated heterocycles. The maximum Gasteiger partial charge on any atom is 0.191 e. The Kier molecular flexibility index (Phi) is 6.05. The SMILES string of the molecule is CCOC1CC(NC(=NC)NC2CCN(Cc3ccsc3)CC2)C12CCC2. The highest BCUT2D eigenvalue weighted by atomic mass is 32.1. The zero-order chi connectivity index (χ0) is 18.7. The zero-order valence-electron chi connectivity index (χ0n) is 16.7. The first-order chi connectivity index (χ1) is 13.2. The summed E-state index contributed by atoms with van der Waals surface area (Å²) in [6.07, 6.45) is 7.88. The lowest BCUT2D eigenvalue weighted by Gasteiger charge is -2.61. The van der Waals surface area contributed by atoms with Gasteiger partial charge in [-0.2, -0.15) is 11.3 Å². The molecule has 1 aromatic heterocycles. The lowest BCUT2D eigenvalue weighted by Crippen LogP contribution is -2.69. The quantitative estimate of drug-likeness (QED) is 0.578. The number of thiophene rings is 1. The molecule has 2 aliphatic carbocycles. The number of piperidine rings is 1. The third-order valence-electron chi connectivity index (χ3n) is 6.89. The number of likely N-dealkylation sites (tertiary alicyclic amines) is 1. The van der Waals surface area contributed by atoms with E-state index in [0.29, 0.717) is 23.6 Å². The van der Waals surface area contributed by atoms with Gasteiger partial charge in [-0.05, 0) is 61.4 Å². The summed E-state index contributed by atoms with van der Waals surface area (Å²) in [6.45, 7) is 6.34. The zero-order valence-corrected chi connectivity index (χ0v) is 17.6. The highest BCUT2D eigenvalue weighted by Gasteiger charge is 2.59. The number of nitrogens with one attached hydrogen (secondary N) is 2. The van der Waals surface area contributed by atoms with Crippen LogP contribution in [0.2, 0.25) is 0 Å². The van der Waals surface area contributed by atoms with Crippen molar-refractivity contribution in [1.29, 1.82) is 0 Å². The molecule has 1 aromatic rings. The molecule has 4 rings (SSSR count). The van der Waals surface area contributed by atoms with E-state index < -0.39 is 0 Å². The van der Waals surface area contributed by atoms with Gasteiger partial charge in [0.15, 0.2) is 5.96 Å². The first-order valence-corrected chi connectivity index (χ1v) is 11.5. The molecule has 2 unspecified atom stereocenters. The molecule has 5 nitrogen and oxygen atoms in total. The molecule has 3 fully saturated rings. The molecule has 2 atom stereocenters. The minimum absolute atomic E-state index is 0.373. The lowest BCUT2D eigenvalue weighted by atomic mass is 9.51. The van der Waals surface area contributed by atoms with E-state index in [-0.39, 0.29) is 0 Å². The van der Waals surface area contributed by atoms with Crippen molar-refractivity contribution in [3.63, 3.8) is 0 Å². The number of aliphatic imine (C=N–C) groups is 1. The van der Waals surface area contributed by atoms with Gasteiger partial charge in [-0.25, -0.2) is 0 Å². The van der Waals surface area contributed by atoms with Crippen LogP contribution in [0, 0.1) is 5.41 Å². The average molecular weight is 391 g/mol. The van der Waals surface area contributed by atoms with E-state index in [4.69, 9.17) is 4.74 Å². The van der Waals surface area contributed by atoms with Crippen LogP contribution < -0.4 is 10.6 Å². The summed E-state index contributed by atoms with van der Waals surface area (Å²) in [7, 11) is 1.90. The second-order valence-electron chi connectivity index (χ2n) is 8.36. The topological polar surface area (TPSA) is 48.9 Å². The van der Waals surface area contributed by atoms with E-state index in [9.17, 15) is 0 Å². The second kappa shape index (κ2) is 8.50. The van der Waals surface area contributed by atoms with Gasteiger partial charge in [0.25, 0.3) is 0 Å². The van der Waals surface area contributed by atoms with Crippen LogP contribution in [0.1, 0.15) is 51.0 Å². The molecular formula is C21H34N4OS. The number of ether oxygens (including phenoxy) is 1. The van der Waals surface area contributed by atoms with E-state index in [0.717, 1.165) is 38.6 Å². The number of nitrogens with zero attached hydrogens (tertiary/aromatic N) is 2. The summed E-state index contributed by atoms with van der Waals surface area (Å²) in [5, 5.41) is 11.9. The van der Waals surface area contributed by atoms with Crippen molar-refractivity contribution >= 4 is 17.3 Å². The summed E-state index contributed by atoms with van der Waals surface area (Å²) in [4.78, 5) is 7.09. The lowest BCUT2D eigenvalue weighted by molar-refractivity contribution is -0.168. The number of guanidine groups is 1. The number of hydrogen-bond donors (Lipinski definition) is 2. The standard InChI is InChI=1S/C21H34N4OS/c1-3-26-19-13-18(21(19)8-4-9-21)24-20(22-2)23-17-5-10-25(11-6-17)14-16-7-12-27-15-16/h7,12,15,17-19H,3-6,8-11,13-14H2,1-2H3,(H2,22,23,24). The fraction of sp³-hybridized carbons (Fsp3) is 0.762. The van der Waals surface area contributed by atoms with Crippen molar-refractivity contribution < 1.29 is 4.74 Å². The van der Waals surface area contributed by atoms with Crippen LogP contribution in [-0.4, -0.2) is 55.8 Å². The van der Waals surface area contributed by atoms with Crippen LogP contribution in [0.4, 0.5) is 0 Å². The third kappa shape index (κ3) is 4.03. The Morgan fingerprint density at radius 1 is 1.33 bits per heavy atom. The Labute approximate surface area is 167 Å². The van der Waals surface area contributed by atoms with Gasteiger partial charge < -0.3 is 15.4 Å². The van der Waals surface area contributed by atoms with Crippen LogP contribution in [0.25, 0.3) is 0 Å². The molecule has 150 valence electrons. The Morgan fingerprint density at radius 2 is 2.15 bits per heavy atom. The maximum absolute atomic E-state index is 5.98. The van der Waals surface area contributed by atoms with Crippen molar-refractivity contribution in [2.45, 2.75) is 70.2 Å². The maximum atomic E-state index is 5.98. The van der Waals surface area contributed by atoms with Crippen molar-refractivity contribution in [2.24, 2.45) is 10.4 Å². The highest BCUT2D eigenvalue weighted by Crippen LogP contribution is 2.57. The molecule has 2 N–H and O–H groups in total. The van der Waals surface area contributed by atoms with Crippen LogP contribution in [0.3, 0.4) is 0 Å². The van der Waals surface area contributed by atoms with E-state index in [1.165, 1.54) is 37.7 Å². The van der Waals surface area contributed by atoms with Gasteiger partial charge in [0.05, 0.1) is 6.10 Å². The second-order valence-corrected chi connectivity index (χ2v) is 9.14. The van der Waals surface area contributed by atoms with Crippen LogP contribution >= 0.6 is 11.3 Å². The minimum Gasteiger partial charge on any atom is -0.378 e. The fourth-order valence-corrected chi connectivity index (χ4v) is 5.71. The van der Waals surface area contributed by atoms with Crippen LogP contribution in [-0.2, 0) is 11.3 Å². The molecule has 6 heteroatoms. The molecule has 0 radical (unpaired) electrons. The van der Waals surface area contributed by atoms with Gasteiger partial charge in [-0.15, -0.1) is 0 Å². The van der Waals surface area contributed by atoms with Gasteiger partial charge in [-0.1, -0.05) is 6.42 Å². The van der Waals surface area contributed by atoms with E-state index in [2.05, 4.69) is 44.3 Å².